The Bertz CT molecular complexity index is 620. The van der Waals surface area contributed by atoms with Crippen LogP contribution in [0.5, 0.6) is 17.2 Å². The summed E-state index contributed by atoms with van der Waals surface area (Å²) in [5.74, 6) is 0.286. The predicted octanol–water partition coefficient (Wildman–Crippen LogP) is 2.49. The molecule has 6 heteroatoms. The number of phenols is 1. The summed E-state index contributed by atoms with van der Waals surface area (Å²) in [6.45, 7) is 4.80. The SMILES string of the molecule is COc1ccc(C(=O)C(C)C2CCN(C(C)=O)CC2)c(O)c1OC. The van der Waals surface area contributed by atoms with Crippen molar-refractivity contribution in [1.82, 2.24) is 4.90 Å². The highest BCUT2D eigenvalue weighted by Gasteiger charge is 2.31. The molecule has 1 amide bonds. The van der Waals surface area contributed by atoms with Crippen molar-refractivity contribution in [1.29, 1.82) is 0 Å². The number of likely N-dealkylation sites (tertiary alicyclic amines) is 1. The first-order valence-electron chi connectivity index (χ1n) is 8.14. The van der Waals surface area contributed by atoms with Crippen molar-refractivity contribution in [3.63, 3.8) is 0 Å². The molecule has 0 bridgehead atoms. The molecule has 24 heavy (non-hydrogen) atoms. The number of ketones is 1. The number of hydrogen-bond donors (Lipinski definition) is 1. The van der Waals surface area contributed by atoms with Gasteiger partial charge in [-0.2, -0.15) is 0 Å². The summed E-state index contributed by atoms with van der Waals surface area (Å²) < 4.78 is 10.3. The van der Waals surface area contributed by atoms with Gasteiger partial charge in [0.2, 0.25) is 11.7 Å². The van der Waals surface area contributed by atoms with Gasteiger partial charge in [0, 0.05) is 25.9 Å². The Labute approximate surface area is 142 Å². The molecular formula is C18H25NO5. The Morgan fingerprint density at radius 3 is 2.33 bits per heavy atom. The highest BCUT2D eigenvalue weighted by molar-refractivity contribution is 6.01. The Hall–Kier alpha value is -2.24. The Balaban J connectivity index is 2.16. The van der Waals surface area contributed by atoms with E-state index in [4.69, 9.17) is 9.47 Å². The van der Waals surface area contributed by atoms with Gasteiger partial charge in [0.1, 0.15) is 0 Å². The molecule has 1 saturated heterocycles. The summed E-state index contributed by atoms with van der Waals surface area (Å²) in [6, 6.07) is 3.19. The zero-order valence-electron chi connectivity index (χ0n) is 14.7. The highest BCUT2D eigenvalue weighted by atomic mass is 16.5. The van der Waals surface area contributed by atoms with Gasteiger partial charge in [0.15, 0.2) is 17.3 Å². The maximum atomic E-state index is 12.8. The van der Waals surface area contributed by atoms with E-state index in [9.17, 15) is 14.7 Å². The van der Waals surface area contributed by atoms with Crippen molar-refractivity contribution in [3.8, 4) is 17.2 Å². The first-order valence-corrected chi connectivity index (χ1v) is 8.14. The lowest BCUT2D eigenvalue weighted by molar-refractivity contribution is -0.130. The third-order valence-corrected chi connectivity index (χ3v) is 4.89. The fourth-order valence-corrected chi connectivity index (χ4v) is 3.28. The largest absolute Gasteiger partial charge is 0.504 e. The fraction of sp³-hybridized carbons (Fsp3) is 0.556. The molecule has 6 nitrogen and oxygen atoms in total. The van der Waals surface area contributed by atoms with E-state index in [1.807, 2.05) is 11.8 Å². The maximum absolute atomic E-state index is 12.8. The molecule has 1 aromatic carbocycles. The van der Waals surface area contributed by atoms with Crippen molar-refractivity contribution in [3.05, 3.63) is 17.7 Å². The second-order valence-electron chi connectivity index (χ2n) is 6.19. The number of phenolic OH excluding ortho intramolecular Hbond substituents is 1. The summed E-state index contributed by atoms with van der Waals surface area (Å²) >= 11 is 0. The summed E-state index contributed by atoms with van der Waals surface area (Å²) in [4.78, 5) is 26.0. The molecule has 0 aliphatic carbocycles. The zero-order valence-corrected chi connectivity index (χ0v) is 14.7. The fourth-order valence-electron chi connectivity index (χ4n) is 3.28. The van der Waals surface area contributed by atoms with Gasteiger partial charge in [-0.05, 0) is 30.9 Å². The van der Waals surface area contributed by atoms with E-state index >= 15 is 0 Å². The lowest BCUT2D eigenvalue weighted by atomic mass is 9.81. The predicted molar refractivity (Wildman–Crippen MR) is 89.7 cm³/mol. The van der Waals surface area contributed by atoms with Crippen LogP contribution in [-0.4, -0.2) is 49.0 Å². The van der Waals surface area contributed by atoms with Crippen LogP contribution in [0.25, 0.3) is 0 Å². The number of hydrogen-bond acceptors (Lipinski definition) is 5. The van der Waals surface area contributed by atoms with Gasteiger partial charge >= 0.3 is 0 Å². The monoisotopic (exact) mass is 335 g/mol. The second-order valence-corrected chi connectivity index (χ2v) is 6.19. The molecule has 1 aromatic rings. The van der Waals surface area contributed by atoms with Gasteiger partial charge in [0.05, 0.1) is 19.8 Å². The average Bonchev–Trinajstić information content (AvgIpc) is 2.60. The molecule has 1 heterocycles. The number of aromatic hydroxyl groups is 1. The molecule has 0 radical (unpaired) electrons. The molecule has 1 unspecified atom stereocenters. The topological polar surface area (TPSA) is 76.1 Å². The molecule has 1 N–H and O–H groups in total. The van der Waals surface area contributed by atoms with Crippen molar-refractivity contribution >= 4 is 11.7 Å². The van der Waals surface area contributed by atoms with E-state index in [2.05, 4.69) is 0 Å². The third-order valence-electron chi connectivity index (χ3n) is 4.89. The van der Waals surface area contributed by atoms with Crippen LogP contribution in [0.15, 0.2) is 12.1 Å². The molecular weight excluding hydrogens is 310 g/mol. The van der Waals surface area contributed by atoms with Gasteiger partial charge in [-0.15, -0.1) is 0 Å². The molecule has 132 valence electrons. The van der Waals surface area contributed by atoms with Crippen LogP contribution in [0, 0.1) is 11.8 Å². The van der Waals surface area contributed by atoms with Gasteiger partial charge in [0.25, 0.3) is 0 Å². The summed E-state index contributed by atoms with van der Waals surface area (Å²) in [5.41, 5.74) is 0.245. The number of rotatable bonds is 5. The minimum Gasteiger partial charge on any atom is -0.504 e. The number of ether oxygens (including phenoxy) is 2. The van der Waals surface area contributed by atoms with Crippen LogP contribution < -0.4 is 9.47 Å². The maximum Gasteiger partial charge on any atom is 0.219 e. The van der Waals surface area contributed by atoms with Crippen LogP contribution in [0.3, 0.4) is 0 Å². The molecule has 2 rings (SSSR count). The van der Waals surface area contributed by atoms with Crippen LogP contribution >= 0.6 is 0 Å². The second kappa shape index (κ2) is 7.55. The molecule has 1 aliphatic heterocycles. The summed E-state index contributed by atoms with van der Waals surface area (Å²) in [6.07, 6.45) is 1.58. The molecule has 1 aliphatic rings. The first-order chi connectivity index (χ1) is 11.4. The Morgan fingerprint density at radius 2 is 1.83 bits per heavy atom. The van der Waals surface area contributed by atoms with Crippen LogP contribution in [0.4, 0.5) is 0 Å². The smallest absolute Gasteiger partial charge is 0.219 e. The number of methoxy groups -OCH3 is 2. The molecule has 0 spiro atoms. The van der Waals surface area contributed by atoms with E-state index in [1.54, 1.807) is 19.1 Å². The number of nitrogens with zero attached hydrogens (tertiary/aromatic N) is 1. The average molecular weight is 335 g/mol. The van der Waals surface area contributed by atoms with Crippen molar-refractivity contribution in [2.45, 2.75) is 26.7 Å². The zero-order chi connectivity index (χ0) is 17.9. The van der Waals surface area contributed by atoms with Crippen LogP contribution in [0.1, 0.15) is 37.0 Å². The number of carbonyl (C=O) groups is 2. The van der Waals surface area contributed by atoms with Gasteiger partial charge < -0.3 is 19.5 Å². The molecule has 1 fully saturated rings. The van der Waals surface area contributed by atoms with E-state index in [1.165, 1.54) is 14.2 Å². The molecule has 0 aromatic heterocycles. The van der Waals surface area contributed by atoms with Gasteiger partial charge in [-0.25, -0.2) is 0 Å². The van der Waals surface area contributed by atoms with E-state index in [-0.39, 0.29) is 40.6 Å². The first kappa shape index (κ1) is 18.1. The van der Waals surface area contributed by atoms with E-state index in [0.717, 1.165) is 12.8 Å². The number of piperidine rings is 1. The van der Waals surface area contributed by atoms with E-state index in [0.29, 0.717) is 18.8 Å². The number of carbonyl (C=O) groups excluding carboxylic acids is 2. The minimum absolute atomic E-state index is 0.0740. The molecule has 1 atom stereocenters. The lowest BCUT2D eigenvalue weighted by Crippen LogP contribution is -2.39. The Kier molecular flexibility index (Phi) is 5.70. The summed E-state index contributed by atoms with van der Waals surface area (Å²) in [5, 5.41) is 10.4. The molecule has 0 saturated carbocycles. The number of amides is 1. The number of benzene rings is 1. The van der Waals surface area contributed by atoms with Crippen LogP contribution in [-0.2, 0) is 4.79 Å². The van der Waals surface area contributed by atoms with Crippen LogP contribution in [0.2, 0.25) is 0 Å². The standard InChI is InChI=1S/C18H25NO5/c1-11(13-7-9-19(10-8-13)12(2)20)16(21)14-5-6-15(23-3)18(24-4)17(14)22/h5-6,11,13,22H,7-10H2,1-4H3. The van der Waals surface area contributed by atoms with Crippen molar-refractivity contribution in [2.24, 2.45) is 11.8 Å². The van der Waals surface area contributed by atoms with Crippen molar-refractivity contribution < 1.29 is 24.2 Å². The number of Topliss-reactive ketones (excluding diaryl/α,β-unsaturated/α-hetero) is 1. The highest BCUT2D eigenvalue weighted by Crippen LogP contribution is 2.40. The third kappa shape index (κ3) is 3.47. The lowest BCUT2D eigenvalue weighted by Gasteiger charge is -2.34. The quantitative estimate of drug-likeness (QED) is 0.837. The Morgan fingerprint density at radius 1 is 1.21 bits per heavy atom. The minimum atomic E-state index is -0.233. The normalized spacial score (nSPS) is 16.6. The van der Waals surface area contributed by atoms with Gasteiger partial charge in [-0.3, -0.25) is 9.59 Å². The van der Waals surface area contributed by atoms with E-state index < -0.39 is 0 Å². The summed E-state index contributed by atoms with van der Waals surface area (Å²) in [7, 11) is 2.90. The van der Waals surface area contributed by atoms with Gasteiger partial charge in [-0.1, -0.05) is 6.92 Å². The van der Waals surface area contributed by atoms with Crippen molar-refractivity contribution in [2.75, 3.05) is 27.3 Å².